The Balaban J connectivity index is 2.30. The van der Waals surface area contributed by atoms with Crippen LogP contribution < -0.4 is 10.5 Å². The fourth-order valence-corrected chi connectivity index (χ4v) is 3.95. The Hall–Kier alpha value is -1.54. The summed E-state index contributed by atoms with van der Waals surface area (Å²) in [6.45, 7) is 2.08. The smallest absolute Gasteiger partial charge is 0.243 e. The van der Waals surface area contributed by atoms with Crippen LogP contribution in [0.1, 0.15) is 32.6 Å². The van der Waals surface area contributed by atoms with Crippen LogP contribution in [0.15, 0.2) is 23.4 Å². The summed E-state index contributed by atoms with van der Waals surface area (Å²) >= 11 is 0. The molecular formula is C13H19FN4O2S. The third-order valence-corrected chi connectivity index (χ3v) is 5.47. The summed E-state index contributed by atoms with van der Waals surface area (Å²) in [7, 11) is -3.98. The third-order valence-electron chi connectivity index (χ3n) is 3.96. The molecule has 0 aromatic carbocycles. The highest BCUT2D eigenvalue weighted by Crippen LogP contribution is 2.33. The lowest BCUT2D eigenvalue weighted by Crippen LogP contribution is -2.58. The van der Waals surface area contributed by atoms with Crippen LogP contribution >= 0.6 is 0 Å². The summed E-state index contributed by atoms with van der Waals surface area (Å²) in [5.41, 5.74) is 4.54. The highest BCUT2D eigenvalue weighted by atomic mass is 32.2. The van der Waals surface area contributed by atoms with E-state index in [0.717, 1.165) is 31.3 Å². The van der Waals surface area contributed by atoms with E-state index in [2.05, 4.69) is 16.6 Å². The summed E-state index contributed by atoms with van der Waals surface area (Å²) in [5, 5.41) is 7.75. The van der Waals surface area contributed by atoms with Gasteiger partial charge in [0.1, 0.15) is 16.5 Å². The van der Waals surface area contributed by atoms with Gasteiger partial charge in [0.25, 0.3) is 0 Å². The molecule has 0 saturated heterocycles. The number of amidine groups is 1. The maximum atomic E-state index is 13.2. The van der Waals surface area contributed by atoms with Crippen LogP contribution in [0.4, 0.5) is 4.39 Å². The molecule has 6 nitrogen and oxygen atoms in total. The summed E-state index contributed by atoms with van der Waals surface area (Å²) in [6, 6.07) is 0.897. The van der Waals surface area contributed by atoms with Crippen molar-refractivity contribution in [3.63, 3.8) is 0 Å². The van der Waals surface area contributed by atoms with E-state index in [0.29, 0.717) is 18.8 Å². The molecule has 1 aromatic heterocycles. The molecule has 1 fully saturated rings. The Morgan fingerprint density at radius 3 is 2.62 bits per heavy atom. The lowest BCUT2D eigenvalue weighted by molar-refractivity contribution is 0.285. The minimum atomic E-state index is -3.98. The minimum Gasteiger partial charge on any atom is -0.386 e. The van der Waals surface area contributed by atoms with Crippen LogP contribution in [0, 0.1) is 17.1 Å². The molecule has 1 saturated carbocycles. The normalized spacial score (nSPS) is 26.5. The zero-order valence-electron chi connectivity index (χ0n) is 11.8. The second-order valence-electron chi connectivity index (χ2n) is 5.62. The van der Waals surface area contributed by atoms with Crippen molar-refractivity contribution in [3.05, 3.63) is 24.3 Å². The van der Waals surface area contributed by atoms with Crippen LogP contribution in [0.2, 0.25) is 0 Å². The van der Waals surface area contributed by atoms with E-state index in [4.69, 9.17) is 11.1 Å². The van der Waals surface area contributed by atoms with Gasteiger partial charge in [0, 0.05) is 6.20 Å². The first kappa shape index (κ1) is 15.8. The van der Waals surface area contributed by atoms with Crippen molar-refractivity contribution in [3.8, 4) is 0 Å². The van der Waals surface area contributed by atoms with E-state index >= 15 is 0 Å². The van der Waals surface area contributed by atoms with E-state index in [-0.39, 0.29) is 10.7 Å². The predicted molar refractivity (Wildman–Crippen MR) is 76.8 cm³/mol. The Morgan fingerprint density at radius 1 is 1.48 bits per heavy atom. The van der Waals surface area contributed by atoms with Gasteiger partial charge < -0.3 is 5.73 Å². The fourth-order valence-electron chi connectivity index (χ4n) is 2.54. The van der Waals surface area contributed by atoms with Gasteiger partial charge in [-0.3, -0.25) is 10.4 Å². The number of pyridine rings is 1. The predicted octanol–water partition coefficient (Wildman–Crippen LogP) is 1.38. The highest BCUT2D eigenvalue weighted by molar-refractivity contribution is 7.89. The van der Waals surface area contributed by atoms with E-state index in [1.54, 1.807) is 0 Å². The van der Waals surface area contributed by atoms with E-state index < -0.39 is 21.4 Å². The van der Waals surface area contributed by atoms with Gasteiger partial charge in [-0.2, -0.15) is 4.72 Å². The van der Waals surface area contributed by atoms with Crippen molar-refractivity contribution in [1.82, 2.24) is 9.71 Å². The molecule has 1 aliphatic rings. The van der Waals surface area contributed by atoms with Crippen LogP contribution in [0.25, 0.3) is 0 Å². The van der Waals surface area contributed by atoms with Crippen LogP contribution in [-0.4, -0.2) is 24.8 Å². The lowest BCUT2D eigenvalue weighted by atomic mass is 9.77. The van der Waals surface area contributed by atoms with Crippen molar-refractivity contribution in [1.29, 1.82) is 5.41 Å². The van der Waals surface area contributed by atoms with Gasteiger partial charge in [0.15, 0.2) is 0 Å². The molecule has 2 rings (SSSR count). The second-order valence-corrected chi connectivity index (χ2v) is 7.31. The van der Waals surface area contributed by atoms with Gasteiger partial charge in [-0.05, 0) is 37.7 Å². The van der Waals surface area contributed by atoms with Gasteiger partial charge in [-0.15, -0.1) is 0 Å². The van der Waals surface area contributed by atoms with Gasteiger partial charge in [-0.25, -0.2) is 12.8 Å². The largest absolute Gasteiger partial charge is 0.386 e. The minimum absolute atomic E-state index is 0.206. The number of nitrogens with zero attached hydrogens (tertiary/aromatic N) is 1. The summed E-state index contributed by atoms with van der Waals surface area (Å²) in [6.07, 6.45) is 4.50. The molecule has 0 atom stereocenters. The third kappa shape index (κ3) is 3.38. The molecule has 4 N–H and O–H groups in total. The number of hydrogen-bond acceptors (Lipinski definition) is 4. The van der Waals surface area contributed by atoms with Gasteiger partial charge in [0.2, 0.25) is 10.0 Å². The van der Waals surface area contributed by atoms with Gasteiger partial charge in [-0.1, -0.05) is 6.92 Å². The first-order valence-corrected chi connectivity index (χ1v) is 8.22. The quantitative estimate of drug-likeness (QED) is 0.576. The Morgan fingerprint density at radius 2 is 2.10 bits per heavy atom. The molecule has 1 aliphatic carbocycles. The van der Waals surface area contributed by atoms with Crippen LogP contribution in [0.3, 0.4) is 0 Å². The number of nitrogens with one attached hydrogen (secondary N) is 2. The van der Waals surface area contributed by atoms with Gasteiger partial charge in [0.05, 0.1) is 11.7 Å². The van der Waals surface area contributed by atoms with E-state index in [9.17, 15) is 12.8 Å². The molecule has 1 heterocycles. The monoisotopic (exact) mass is 314 g/mol. The summed E-state index contributed by atoms with van der Waals surface area (Å²) in [5.74, 6) is -0.466. The number of halogens is 1. The maximum absolute atomic E-state index is 13.2. The van der Waals surface area contributed by atoms with Crippen molar-refractivity contribution < 1.29 is 12.8 Å². The molecule has 0 spiro atoms. The standard InChI is InChI=1S/C13H19FN4O2S/c1-9-2-4-13(5-3-9,12(15)16)18-21(19,20)11-6-10(14)7-17-8-11/h6-9,18H,2-5H2,1H3,(H3,15,16). The first-order chi connectivity index (χ1) is 9.75. The summed E-state index contributed by atoms with van der Waals surface area (Å²) in [4.78, 5) is 3.28. The van der Waals surface area contributed by atoms with Crippen molar-refractivity contribution in [2.75, 3.05) is 0 Å². The molecule has 0 radical (unpaired) electrons. The number of hydrogen-bond donors (Lipinski definition) is 3. The topological polar surface area (TPSA) is 109 Å². The molecule has 1 aromatic rings. The zero-order chi connectivity index (χ0) is 15.7. The lowest BCUT2D eigenvalue weighted by Gasteiger charge is -2.38. The number of sulfonamides is 1. The average Bonchev–Trinajstić information content (AvgIpc) is 2.41. The van der Waals surface area contributed by atoms with Crippen molar-refractivity contribution in [2.24, 2.45) is 11.7 Å². The Kier molecular flexibility index (Phi) is 4.29. The Labute approximate surface area is 123 Å². The summed E-state index contributed by atoms with van der Waals surface area (Å²) < 4.78 is 40.4. The molecule has 21 heavy (non-hydrogen) atoms. The molecule has 0 aliphatic heterocycles. The molecule has 8 heteroatoms. The van der Waals surface area contributed by atoms with Gasteiger partial charge >= 0.3 is 0 Å². The molecule has 0 amide bonds. The van der Waals surface area contributed by atoms with E-state index in [1.807, 2.05) is 0 Å². The SMILES string of the molecule is CC1CCC(NS(=O)(=O)c2cncc(F)c2)(C(=N)N)CC1. The van der Waals surface area contributed by atoms with Crippen LogP contribution in [-0.2, 0) is 10.0 Å². The highest BCUT2D eigenvalue weighted by Gasteiger charge is 2.41. The number of aromatic nitrogens is 1. The molecular weight excluding hydrogens is 295 g/mol. The first-order valence-electron chi connectivity index (χ1n) is 6.74. The van der Waals surface area contributed by atoms with Crippen LogP contribution in [0.5, 0.6) is 0 Å². The van der Waals surface area contributed by atoms with Crippen molar-refractivity contribution >= 4 is 15.9 Å². The van der Waals surface area contributed by atoms with E-state index in [1.165, 1.54) is 0 Å². The maximum Gasteiger partial charge on any atom is 0.243 e. The fraction of sp³-hybridized carbons (Fsp3) is 0.538. The molecule has 116 valence electrons. The number of nitrogens with two attached hydrogens (primary N) is 1. The zero-order valence-corrected chi connectivity index (χ0v) is 12.6. The average molecular weight is 314 g/mol. The molecule has 0 bridgehead atoms. The molecule has 0 unspecified atom stereocenters. The Bertz CT molecular complexity index is 639. The second kappa shape index (κ2) is 5.69. The number of rotatable bonds is 4. The van der Waals surface area contributed by atoms with Crippen molar-refractivity contribution in [2.45, 2.75) is 43.0 Å².